The number of carbonyl (C=O) groups is 2. The molecule has 0 radical (unpaired) electrons. The monoisotopic (exact) mass is 351 g/mol. The molecule has 1 amide bonds. The van der Waals surface area contributed by atoms with Crippen molar-refractivity contribution in [1.29, 1.82) is 0 Å². The van der Waals surface area contributed by atoms with Gasteiger partial charge in [-0.25, -0.2) is 0 Å². The van der Waals surface area contributed by atoms with Crippen LogP contribution in [0.4, 0.5) is 5.69 Å². The van der Waals surface area contributed by atoms with E-state index < -0.39 is 17.7 Å². The lowest BCUT2D eigenvalue weighted by molar-refractivity contribution is -0.119. The highest BCUT2D eigenvalue weighted by Crippen LogP contribution is 2.41. The number of carbonyl (C=O) groups excluding carboxylic acids is 2. The van der Waals surface area contributed by atoms with Crippen LogP contribution < -0.4 is 9.64 Å². The summed E-state index contributed by atoms with van der Waals surface area (Å²) in [6.07, 6.45) is 0. The van der Waals surface area contributed by atoms with Crippen LogP contribution in [0.25, 0.3) is 0 Å². The van der Waals surface area contributed by atoms with Crippen LogP contribution in [0.5, 0.6) is 5.75 Å². The lowest BCUT2D eigenvalue weighted by Crippen LogP contribution is -2.31. The number of hydrogen-bond acceptors (Lipinski definition) is 4. The Bertz CT molecular complexity index is 853. The van der Waals surface area contributed by atoms with Gasteiger partial charge in [0, 0.05) is 11.6 Å². The zero-order chi connectivity index (χ0) is 18.8. The van der Waals surface area contributed by atoms with Gasteiger partial charge < -0.3 is 9.84 Å². The first-order valence-electron chi connectivity index (χ1n) is 8.45. The molecule has 5 heteroatoms. The first-order valence-corrected chi connectivity index (χ1v) is 8.45. The molecule has 2 aromatic rings. The van der Waals surface area contributed by atoms with Crippen molar-refractivity contribution in [2.24, 2.45) is 5.92 Å². The van der Waals surface area contributed by atoms with Gasteiger partial charge in [0.2, 0.25) is 0 Å². The molecule has 1 atom stereocenters. The fraction of sp³-hybridized carbons (Fsp3) is 0.238. The number of ketones is 1. The van der Waals surface area contributed by atoms with Crippen LogP contribution in [0.15, 0.2) is 65.9 Å². The Labute approximate surface area is 152 Å². The van der Waals surface area contributed by atoms with E-state index >= 15 is 0 Å². The van der Waals surface area contributed by atoms with E-state index in [0.717, 1.165) is 5.56 Å². The lowest BCUT2D eigenvalue weighted by atomic mass is 9.91. The summed E-state index contributed by atoms with van der Waals surface area (Å²) in [5, 5.41) is 10.5. The van der Waals surface area contributed by atoms with E-state index in [1.807, 2.05) is 30.3 Å². The third kappa shape index (κ3) is 2.96. The summed E-state index contributed by atoms with van der Waals surface area (Å²) in [5.74, 6) is -0.962. The van der Waals surface area contributed by atoms with Crippen LogP contribution in [-0.2, 0) is 9.59 Å². The van der Waals surface area contributed by atoms with Crippen molar-refractivity contribution in [2.75, 3.05) is 12.0 Å². The van der Waals surface area contributed by atoms with Crippen molar-refractivity contribution in [3.8, 4) is 5.75 Å². The number of benzene rings is 2. The standard InChI is InChI=1S/C21H21NO4/c1-13(2)19(23)17-18(14-7-5-4-6-8-14)22(21(25)20(17)24)15-9-11-16(26-3)12-10-15/h4-13,18,24H,1-3H3. The molecule has 1 heterocycles. The van der Waals surface area contributed by atoms with E-state index in [-0.39, 0.29) is 17.3 Å². The third-order valence-corrected chi connectivity index (χ3v) is 4.46. The molecule has 1 N–H and O–H groups in total. The number of ether oxygens (including phenoxy) is 1. The van der Waals surface area contributed by atoms with Crippen molar-refractivity contribution in [1.82, 2.24) is 0 Å². The maximum absolute atomic E-state index is 12.8. The van der Waals surface area contributed by atoms with Gasteiger partial charge in [0.1, 0.15) is 5.75 Å². The second-order valence-electron chi connectivity index (χ2n) is 6.47. The number of nitrogens with zero attached hydrogens (tertiary/aromatic N) is 1. The van der Waals surface area contributed by atoms with Crippen LogP contribution in [0, 0.1) is 5.92 Å². The number of rotatable bonds is 5. The molecule has 1 unspecified atom stereocenters. The van der Waals surface area contributed by atoms with Gasteiger partial charge in [-0.05, 0) is 29.8 Å². The number of anilines is 1. The van der Waals surface area contributed by atoms with Crippen LogP contribution in [-0.4, -0.2) is 23.9 Å². The Hall–Kier alpha value is -3.08. The van der Waals surface area contributed by atoms with Gasteiger partial charge in [-0.3, -0.25) is 14.5 Å². The van der Waals surface area contributed by atoms with Gasteiger partial charge in [0.05, 0.1) is 18.7 Å². The van der Waals surface area contributed by atoms with E-state index in [4.69, 9.17) is 4.74 Å². The fourth-order valence-corrected chi connectivity index (χ4v) is 3.13. The summed E-state index contributed by atoms with van der Waals surface area (Å²) < 4.78 is 5.16. The molecule has 26 heavy (non-hydrogen) atoms. The fourth-order valence-electron chi connectivity index (χ4n) is 3.13. The summed E-state index contributed by atoms with van der Waals surface area (Å²) in [6, 6.07) is 15.6. The largest absolute Gasteiger partial charge is 0.503 e. The SMILES string of the molecule is COc1ccc(N2C(=O)C(O)=C(C(=O)C(C)C)C2c2ccccc2)cc1. The third-order valence-electron chi connectivity index (χ3n) is 4.46. The highest BCUT2D eigenvalue weighted by Gasteiger charge is 2.44. The molecule has 0 fully saturated rings. The minimum atomic E-state index is -0.660. The van der Waals surface area contributed by atoms with E-state index in [0.29, 0.717) is 11.4 Å². The van der Waals surface area contributed by atoms with Crippen molar-refractivity contribution >= 4 is 17.4 Å². The van der Waals surface area contributed by atoms with Gasteiger partial charge in [-0.1, -0.05) is 44.2 Å². The van der Waals surface area contributed by atoms with Crippen LogP contribution in [0.1, 0.15) is 25.5 Å². The van der Waals surface area contributed by atoms with Gasteiger partial charge in [-0.2, -0.15) is 0 Å². The second-order valence-corrected chi connectivity index (χ2v) is 6.47. The highest BCUT2D eigenvalue weighted by atomic mass is 16.5. The van der Waals surface area contributed by atoms with E-state index in [9.17, 15) is 14.7 Å². The topological polar surface area (TPSA) is 66.8 Å². The van der Waals surface area contributed by atoms with Crippen molar-refractivity contribution in [3.63, 3.8) is 0 Å². The summed E-state index contributed by atoms with van der Waals surface area (Å²) in [5.41, 5.74) is 1.50. The minimum Gasteiger partial charge on any atom is -0.503 e. The maximum Gasteiger partial charge on any atom is 0.294 e. The number of aliphatic hydroxyl groups excluding tert-OH is 1. The predicted molar refractivity (Wildman–Crippen MR) is 99.2 cm³/mol. The number of amides is 1. The summed E-state index contributed by atoms with van der Waals surface area (Å²) in [4.78, 5) is 27.0. The molecule has 0 bridgehead atoms. The Morgan fingerprint density at radius 2 is 1.69 bits per heavy atom. The molecule has 0 spiro atoms. The Balaban J connectivity index is 2.14. The normalized spacial score (nSPS) is 17.2. The molecule has 0 aliphatic carbocycles. The molecule has 0 saturated heterocycles. The number of methoxy groups -OCH3 is 1. The molecule has 134 valence electrons. The summed E-state index contributed by atoms with van der Waals surface area (Å²) in [7, 11) is 1.57. The zero-order valence-corrected chi connectivity index (χ0v) is 15.0. The zero-order valence-electron chi connectivity index (χ0n) is 15.0. The second kappa shape index (κ2) is 7.04. The Kier molecular flexibility index (Phi) is 4.80. The van der Waals surface area contributed by atoms with Crippen LogP contribution >= 0.6 is 0 Å². The maximum atomic E-state index is 12.8. The number of hydrogen-bond donors (Lipinski definition) is 1. The molecule has 0 saturated carbocycles. The predicted octanol–water partition coefficient (Wildman–Crippen LogP) is 3.82. The lowest BCUT2D eigenvalue weighted by Gasteiger charge is -2.27. The molecule has 1 aliphatic rings. The highest BCUT2D eigenvalue weighted by molar-refractivity contribution is 6.16. The Morgan fingerprint density at radius 3 is 2.23 bits per heavy atom. The molecular weight excluding hydrogens is 330 g/mol. The van der Waals surface area contributed by atoms with Crippen molar-refractivity contribution in [3.05, 3.63) is 71.5 Å². The molecule has 2 aromatic carbocycles. The summed E-state index contributed by atoms with van der Waals surface area (Å²) >= 11 is 0. The van der Waals surface area contributed by atoms with E-state index in [1.165, 1.54) is 4.90 Å². The minimum absolute atomic E-state index is 0.145. The average molecular weight is 351 g/mol. The molecule has 3 rings (SSSR count). The first-order chi connectivity index (χ1) is 12.5. The Morgan fingerprint density at radius 1 is 1.08 bits per heavy atom. The summed E-state index contributed by atoms with van der Waals surface area (Å²) in [6.45, 7) is 3.51. The molecule has 1 aliphatic heterocycles. The van der Waals surface area contributed by atoms with Gasteiger partial charge in [0.15, 0.2) is 11.5 Å². The molecule has 0 aromatic heterocycles. The van der Waals surface area contributed by atoms with Crippen LogP contribution in [0.2, 0.25) is 0 Å². The van der Waals surface area contributed by atoms with Gasteiger partial charge >= 0.3 is 0 Å². The number of Topliss-reactive ketones (excluding diaryl/α,β-unsaturated/α-hetero) is 1. The smallest absolute Gasteiger partial charge is 0.294 e. The number of aliphatic hydroxyl groups is 1. The van der Waals surface area contributed by atoms with Crippen molar-refractivity contribution < 1.29 is 19.4 Å². The quantitative estimate of drug-likeness (QED) is 0.889. The molecular formula is C21H21NO4. The first kappa shape index (κ1) is 17.7. The molecule has 5 nitrogen and oxygen atoms in total. The van der Waals surface area contributed by atoms with E-state index in [2.05, 4.69) is 0 Å². The average Bonchev–Trinajstić information content (AvgIpc) is 2.93. The van der Waals surface area contributed by atoms with E-state index in [1.54, 1.807) is 45.2 Å². The van der Waals surface area contributed by atoms with Gasteiger partial charge in [0.25, 0.3) is 5.91 Å². The van der Waals surface area contributed by atoms with Gasteiger partial charge in [-0.15, -0.1) is 0 Å². The van der Waals surface area contributed by atoms with Crippen molar-refractivity contribution in [2.45, 2.75) is 19.9 Å². The van der Waals surface area contributed by atoms with Crippen LogP contribution in [0.3, 0.4) is 0 Å².